The molecule has 0 aliphatic rings. The minimum atomic E-state index is -0.183. The van der Waals surface area contributed by atoms with E-state index in [4.69, 9.17) is 27.6 Å². The molecule has 1 amide bonds. The largest absolute Gasteiger partial charge is 0.462 e. The van der Waals surface area contributed by atoms with Crippen LogP contribution < -0.4 is 5.32 Å². The summed E-state index contributed by atoms with van der Waals surface area (Å²) in [6.45, 7) is 1.90. The van der Waals surface area contributed by atoms with Gasteiger partial charge in [0.25, 0.3) is 0 Å². The molecule has 26 heavy (non-hydrogen) atoms. The quantitative estimate of drug-likeness (QED) is 0.516. The van der Waals surface area contributed by atoms with E-state index in [0.717, 1.165) is 22.0 Å². The van der Waals surface area contributed by atoms with Crippen molar-refractivity contribution in [1.82, 2.24) is 10.3 Å². The maximum atomic E-state index is 12.2. The lowest BCUT2D eigenvalue weighted by Gasteiger charge is -2.15. The number of carbonyl (C=O) groups is 1. The van der Waals surface area contributed by atoms with E-state index in [-0.39, 0.29) is 11.9 Å². The van der Waals surface area contributed by atoms with Gasteiger partial charge in [0.2, 0.25) is 5.91 Å². The third-order valence-electron chi connectivity index (χ3n) is 3.57. The van der Waals surface area contributed by atoms with Gasteiger partial charge < -0.3 is 9.73 Å². The summed E-state index contributed by atoms with van der Waals surface area (Å²) in [4.78, 5) is 16.7. The first-order chi connectivity index (χ1) is 12.5. The number of thioether (sulfide) groups is 1. The first kappa shape index (κ1) is 19.3. The summed E-state index contributed by atoms with van der Waals surface area (Å²) >= 11 is 15.1. The number of carbonyl (C=O) groups excluding carboxylic acids is 1. The summed E-state index contributed by atoms with van der Waals surface area (Å²) < 4.78 is 5.34. The molecule has 0 spiro atoms. The number of halogens is 2. The van der Waals surface area contributed by atoms with Crippen LogP contribution in [0.4, 0.5) is 0 Å². The zero-order valence-electron chi connectivity index (χ0n) is 13.9. The Hall–Kier alpha value is -1.47. The van der Waals surface area contributed by atoms with Crippen LogP contribution in [-0.4, -0.2) is 16.6 Å². The third kappa shape index (κ3) is 5.04. The van der Waals surface area contributed by atoms with Crippen LogP contribution in [0, 0.1) is 0 Å². The number of amides is 1. The van der Waals surface area contributed by atoms with Crippen LogP contribution in [0.3, 0.4) is 0 Å². The van der Waals surface area contributed by atoms with E-state index < -0.39 is 0 Å². The second-order valence-corrected chi connectivity index (χ2v) is 8.26. The van der Waals surface area contributed by atoms with E-state index in [1.165, 1.54) is 23.1 Å². The van der Waals surface area contributed by atoms with E-state index in [2.05, 4.69) is 10.3 Å². The number of thiazole rings is 1. The topological polar surface area (TPSA) is 55.1 Å². The fourth-order valence-electron chi connectivity index (χ4n) is 2.35. The second kappa shape index (κ2) is 8.95. The molecule has 0 aliphatic carbocycles. The number of nitrogens with one attached hydrogen (secondary N) is 1. The van der Waals surface area contributed by atoms with Gasteiger partial charge in [0.1, 0.15) is 0 Å². The minimum Gasteiger partial charge on any atom is -0.462 e. The smallest absolute Gasteiger partial charge is 0.230 e. The van der Waals surface area contributed by atoms with Crippen molar-refractivity contribution in [2.24, 2.45) is 0 Å². The van der Waals surface area contributed by atoms with E-state index in [1.807, 2.05) is 30.5 Å². The lowest BCUT2D eigenvalue weighted by molar-refractivity contribution is -0.119. The van der Waals surface area contributed by atoms with Crippen LogP contribution in [0.15, 0.2) is 46.4 Å². The first-order valence-corrected chi connectivity index (χ1v) is 10.6. The highest BCUT2D eigenvalue weighted by molar-refractivity contribution is 7.99. The number of nitrogens with zero attached hydrogens (tertiary/aromatic N) is 1. The lowest BCUT2D eigenvalue weighted by atomic mass is 10.1. The standard InChI is InChI=1S/C18H16Cl2N2O2S2/c1-11(14-5-4-12(19)7-15(14)20)21-17(23)10-25-8-13-9-26-18(22-13)16-3-2-6-24-16/h2-7,9,11H,8,10H2,1H3,(H,21,23)/t11-/m1/s1. The molecule has 8 heteroatoms. The van der Waals surface area contributed by atoms with Gasteiger partial charge in [-0.05, 0) is 36.8 Å². The van der Waals surface area contributed by atoms with Gasteiger partial charge in [0.15, 0.2) is 10.8 Å². The molecular weight excluding hydrogens is 411 g/mol. The Bertz CT molecular complexity index is 881. The van der Waals surface area contributed by atoms with Crippen LogP contribution >= 0.6 is 46.3 Å². The number of furan rings is 1. The number of aromatic nitrogens is 1. The van der Waals surface area contributed by atoms with E-state index >= 15 is 0 Å². The summed E-state index contributed by atoms with van der Waals surface area (Å²) in [5.41, 5.74) is 1.78. The molecule has 1 aromatic carbocycles. The monoisotopic (exact) mass is 426 g/mol. The number of rotatable bonds is 7. The summed E-state index contributed by atoms with van der Waals surface area (Å²) in [7, 11) is 0. The van der Waals surface area contributed by atoms with Gasteiger partial charge in [0, 0.05) is 21.2 Å². The number of benzene rings is 1. The molecule has 4 nitrogen and oxygen atoms in total. The fourth-order valence-corrected chi connectivity index (χ4v) is 4.54. The zero-order chi connectivity index (χ0) is 18.5. The van der Waals surface area contributed by atoms with Crippen molar-refractivity contribution in [1.29, 1.82) is 0 Å². The highest BCUT2D eigenvalue weighted by Gasteiger charge is 2.13. The normalized spacial score (nSPS) is 12.1. The second-order valence-electron chi connectivity index (χ2n) is 5.57. The number of hydrogen-bond donors (Lipinski definition) is 1. The number of hydrogen-bond acceptors (Lipinski definition) is 5. The highest BCUT2D eigenvalue weighted by atomic mass is 35.5. The summed E-state index contributed by atoms with van der Waals surface area (Å²) in [5.74, 6) is 1.73. The van der Waals surface area contributed by atoms with Crippen LogP contribution in [0.25, 0.3) is 10.8 Å². The molecule has 2 aromatic heterocycles. The summed E-state index contributed by atoms with van der Waals surface area (Å²) in [6, 6.07) is 8.80. The fraction of sp³-hybridized carbons (Fsp3) is 0.222. The van der Waals surface area contributed by atoms with E-state index in [9.17, 15) is 4.79 Å². The molecule has 1 atom stereocenters. The predicted molar refractivity (Wildman–Crippen MR) is 109 cm³/mol. The molecular formula is C18H16Cl2N2O2S2. The molecule has 3 rings (SSSR count). The molecule has 0 bridgehead atoms. The van der Waals surface area contributed by atoms with Crippen LogP contribution in [0.5, 0.6) is 0 Å². The Labute approximate surface area is 169 Å². The molecule has 0 aliphatic heterocycles. The summed E-state index contributed by atoms with van der Waals surface area (Å²) in [6.07, 6.45) is 1.63. The van der Waals surface area contributed by atoms with Crippen molar-refractivity contribution in [3.8, 4) is 10.8 Å². The maximum absolute atomic E-state index is 12.2. The van der Waals surface area contributed by atoms with Crippen molar-refractivity contribution >= 4 is 52.2 Å². The highest BCUT2D eigenvalue weighted by Crippen LogP contribution is 2.27. The van der Waals surface area contributed by atoms with Gasteiger partial charge in [-0.3, -0.25) is 4.79 Å². The van der Waals surface area contributed by atoms with Gasteiger partial charge in [-0.1, -0.05) is 29.3 Å². The maximum Gasteiger partial charge on any atom is 0.230 e. The van der Waals surface area contributed by atoms with Crippen LogP contribution in [0.1, 0.15) is 24.2 Å². The molecule has 2 heterocycles. The van der Waals surface area contributed by atoms with Gasteiger partial charge in [-0.2, -0.15) is 0 Å². The molecule has 3 aromatic rings. The predicted octanol–water partition coefficient (Wildman–Crippen LogP) is 5.82. The molecule has 0 unspecified atom stereocenters. The Kier molecular flexibility index (Phi) is 6.64. The summed E-state index contributed by atoms with van der Waals surface area (Å²) in [5, 5.41) is 6.90. The molecule has 0 fully saturated rings. The van der Waals surface area contributed by atoms with Crippen molar-refractivity contribution in [2.75, 3.05) is 5.75 Å². The average molecular weight is 427 g/mol. The van der Waals surface area contributed by atoms with Gasteiger partial charge in [-0.15, -0.1) is 23.1 Å². The van der Waals surface area contributed by atoms with Crippen molar-refractivity contribution in [3.63, 3.8) is 0 Å². The van der Waals surface area contributed by atoms with Gasteiger partial charge in [-0.25, -0.2) is 4.98 Å². The Morgan fingerprint density at radius 3 is 2.96 bits per heavy atom. The van der Waals surface area contributed by atoms with Gasteiger partial charge >= 0.3 is 0 Å². The SMILES string of the molecule is C[C@@H](NC(=O)CSCc1csc(-c2ccco2)n1)c1ccc(Cl)cc1Cl. The zero-order valence-corrected chi connectivity index (χ0v) is 17.0. The third-order valence-corrected chi connectivity index (χ3v) is 6.01. The average Bonchev–Trinajstić information content (AvgIpc) is 3.25. The minimum absolute atomic E-state index is 0.0463. The molecule has 1 N–H and O–H groups in total. The molecule has 0 radical (unpaired) electrons. The molecule has 0 saturated carbocycles. The van der Waals surface area contributed by atoms with Crippen LogP contribution in [-0.2, 0) is 10.5 Å². The molecule has 136 valence electrons. The van der Waals surface area contributed by atoms with E-state index in [0.29, 0.717) is 21.6 Å². The first-order valence-electron chi connectivity index (χ1n) is 7.83. The Morgan fingerprint density at radius 1 is 1.38 bits per heavy atom. The van der Waals surface area contributed by atoms with Gasteiger partial charge in [0.05, 0.1) is 23.8 Å². The molecule has 0 saturated heterocycles. The van der Waals surface area contributed by atoms with Crippen molar-refractivity contribution in [2.45, 2.75) is 18.7 Å². The lowest BCUT2D eigenvalue weighted by Crippen LogP contribution is -2.28. The van der Waals surface area contributed by atoms with Crippen molar-refractivity contribution in [3.05, 3.63) is 63.3 Å². The Balaban J connectivity index is 1.47. The Morgan fingerprint density at radius 2 is 2.23 bits per heavy atom. The van der Waals surface area contributed by atoms with E-state index in [1.54, 1.807) is 18.4 Å². The van der Waals surface area contributed by atoms with Crippen molar-refractivity contribution < 1.29 is 9.21 Å². The van der Waals surface area contributed by atoms with Crippen LogP contribution in [0.2, 0.25) is 10.0 Å².